The lowest BCUT2D eigenvalue weighted by atomic mass is 10.2. The van der Waals surface area contributed by atoms with E-state index in [0.717, 1.165) is 0 Å². The Morgan fingerprint density at radius 1 is 1.03 bits per heavy atom. The van der Waals surface area contributed by atoms with Crippen molar-refractivity contribution in [1.29, 1.82) is 0 Å². The summed E-state index contributed by atoms with van der Waals surface area (Å²) in [5, 5.41) is 7.30. The van der Waals surface area contributed by atoms with Crippen LogP contribution >= 0.6 is 23.1 Å². The number of thioether (sulfide) groups is 1. The summed E-state index contributed by atoms with van der Waals surface area (Å²) in [5.74, 6) is 0.139. The van der Waals surface area contributed by atoms with Crippen molar-refractivity contribution in [3.8, 4) is 5.75 Å². The molecule has 0 aliphatic rings. The summed E-state index contributed by atoms with van der Waals surface area (Å²) in [4.78, 5) is 28.5. The molecule has 6 nitrogen and oxygen atoms in total. The Labute approximate surface area is 175 Å². The molecule has 0 unspecified atom stereocenters. The molecule has 0 spiro atoms. The number of aromatic nitrogens is 1. The Morgan fingerprint density at radius 3 is 2.31 bits per heavy atom. The third kappa shape index (κ3) is 6.58. The van der Waals surface area contributed by atoms with Crippen molar-refractivity contribution >= 4 is 46.3 Å². The summed E-state index contributed by atoms with van der Waals surface area (Å²) in [6, 6.07) is 12.6. The number of carbonyl (C=O) groups excluding carboxylic acids is 2. The summed E-state index contributed by atoms with van der Waals surface area (Å²) >= 11 is 2.66. The first kappa shape index (κ1) is 20.8. The zero-order chi connectivity index (χ0) is 20.6. The van der Waals surface area contributed by atoms with Gasteiger partial charge in [0.15, 0.2) is 4.34 Å². The molecule has 1 heterocycles. The van der Waals surface area contributed by atoms with Gasteiger partial charge in [0.05, 0.1) is 25.0 Å². The Morgan fingerprint density at radius 2 is 1.66 bits per heavy atom. The number of nitrogens with zero attached hydrogens (tertiary/aromatic N) is 1. The summed E-state index contributed by atoms with van der Waals surface area (Å²) in [7, 11) is 1.58. The van der Waals surface area contributed by atoms with E-state index in [1.807, 2.05) is 0 Å². The molecule has 0 fully saturated rings. The zero-order valence-electron chi connectivity index (χ0n) is 15.5. The third-order valence-electron chi connectivity index (χ3n) is 3.70. The molecule has 150 valence electrons. The van der Waals surface area contributed by atoms with Crippen molar-refractivity contribution in [1.82, 2.24) is 4.98 Å². The summed E-state index contributed by atoms with van der Waals surface area (Å²) in [5.41, 5.74) is 1.85. The van der Waals surface area contributed by atoms with Crippen molar-refractivity contribution in [3.63, 3.8) is 0 Å². The molecule has 0 bridgehead atoms. The van der Waals surface area contributed by atoms with Crippen LogP contribution in [0.3, 0.4) is 0 Å². The standard InChI is InChI=1S/C20H18FN3O3S2/c1-27-17-8-6-15(7-9-17)22-18(25)10-16-11-28-20(24-16)29-12-19(26)23-14-4-2-13(21)3-5-14/h2-9,11H,10,12H2,1H3,(H,22,25)(H,23,26). The molecule has 0 atom stereocenters. The fourth-order valence-electron chi connectivity index (χ4n) is 2.34. The number of methoxy groups -OCH3 is 1. The first-order valence-electron chi connectivity index (χ1n) is 8.58. The fourth-order valence-corrected chi connectivity index (χ4v) is 3.98. The highest BCUT2D eigenvalue weighted by molar-refractivity contribution is 8.01. The molecule has 29 heavy (non-hydrogen) atoms. The molecule has 3 aromatic rings. The number of hydrogen-bond acceptors (Lipinski definition) is 6. The van der Waals surface area contributed by atoms with E-state index in [-0.39, 0.29) is 29.8 Å². The van der Waals surface area contributed by atoms with Crippen LogP contribution in [0.2, 0.25) is 0 Å². The summed E-state index contributed by atoms with van der Waals surface area (Å²) < 4.78 is 18.7. The fraction of sp³-hybridized carbons (Fsp3) is 0.150. The van der Waals surface area contributed by atoms with Gasteiger partial charge in [-0.15, -0.1) is 11.3 Å². The van der Waals surface area contributed by atoms with Crippen LogP contribution in [0.1, 0.15) is 5.69 Å². The number of benzene rings is 2. The van der Waals surface area contributed by atoms with Crippen LogP contribution in [0, 0.1) is 5.82 Å². The second kappa shape index (κ2) is 10.0. The van der Waals surface area contributed by atoms with E-state index in [2.05, 4.69) is 15.6 Å². The molecule has 0 aliphatic heterocycles. The number of ether oxygens (including phenoxy) is 1. The Kier molecular flexibility index (Phi) is 7.20. The van der Waals surface area contributed by atoms with E-state index in [4.69, 9.17) is 4.74 Å². The first-order valence-corrected chi connectivity index (χ1v) is 10.4. The second-order valence-corrected chi connectivity index (χ2v) is 7.98. The quantitative estimate of drug-likeness (QED) is 0.523. The van der Waals surface area contributed by atoms with Gasteiger partial charge in [0, 0.05) is 16.8 Å². The number of hydrogen-bond donors (Lipinski definition) is 2. The van der Waals surface area contributed by atoms with Gasteiger partial charge in [-0.2, -0.15) is 0 Å². The minimum atomic E-state index is -0.358. The van der Waals surface area contributed by atoms with Gasteiger partial charge >= 0.3 is 0 Å². The highest BCUT2D eigenvalue weighted by Gasteiger charge is 2.11. The van der Waals surface area contributed by atoms with Crippen molar-refractivity contribution in [2.45, 2.75) is 10.8 Å². The highest BCUT2D eigenvalue weighted by atomic mass is 32.2. The molecular formula is C20H18FN3O3S2. The molecule has 2 amide bonds. The molecular weight excluding hydrogens is 413 g/mol. The van der Waals surface area contributed by atoms with E-state index in [9.17, 15) is 14.0 Å². The molecule has 0 aliphatic carbocycles. The van der Waals surface area contributed by atoms with Gasteiger partial charge in [-0.1, -0.05) is 11.8 Å². The van der Waals surface area contributed by atoms with Gasteiger partial charge < -0.3 is 15.4 Å². The molecule has 2 aromatic carbocycles. The van der Waals surface area contributed by atoms with Crippen LogP contribution < -0.4 is 15.4 Å². The van der Waals surface area contributed by atoms with Crippen molar-refractivity contribution < 1.29 is 18.7 Å². The van der Waals surface area contributed by atoms with E-state index in [1.54, 1.807) is 36.8 Å². The van der Waals surface area contributed by atoms with Gasteiger partial charge in [0.25, 0.3) is 0 Å². The van der Waals surface area contributed by atoms with E-state index in [0.29, 0.717) is 27.2 Å². The van der Waals surface area contributed by atoms with Gasteiger partial charge in [0.2, 0.25) is 11.8 Å². The van der Waals surface area contributed by atoms with E-state index < -0.39 is 0 Å². The lowest BCUT2D eigenvalue weighted by Gasteiger charge is -2.05. The topological polar surface area (TPSA) is 80.3 Å². The number of nitrogens with one attached hydrogen (secondary N) is 2. The Balaban J connectivity index is 1.45. The second-order valence-electron chi connectivity index (χ2n) is 5.90. The monoisotopic (exact) mass is 431 g/mol. The smallest absolute Gasteiger partial charge is 0.234 e. The van der Waals surface area contributed by atoms with Crippen LogP contribution in [-0.4, -0.2) is 29.7 Å². The average molecular weight is 432 g/mol. The predicted octanol–water partition coefficient (Wildman–Crippen LogP) is 4.20. The molecule has 9 heteroatoms. The molecule has 0 radical (unpaired) electrons. The Hall–Kier alpha value is -2.91. The number of anilines is 2. The molecule has 1 aromatic heterocycles. The normalized spacial score (nSPS) is 10.4. The zero-order valence-corrected chi connectivity index (χ0v) is 17.1. The van der Waals surface area contributed by atoms with Crippen LogP contribution in [0.5, 0.6) is 5.75 Å². The van der Waals surface area contributed by atoms with E-state index in [1.165, 1.54) is 47.4 Å². The van der Waals surface area contributed by atoms with Crippen LogP contribution in [0.15, 0.2) is 58.3 Å². The van der Waals surface area contributed by atoms with Gasteiger partial charge in [-0.05, 0) is 48.5 Å². The van der Waals surface area contributed by atoms with Crippen molar-refractivity contribution in [3.05, 3.63) is 65.4 Å². The number of halogens is 1. The minimum Gasteiger partial charge on any atom is -0.497 e. The number of thiazole rings is 1. The SMILES string of the molecule is COc1ccc(NC(=O)Cc2csc(SCC(=O)Nc3ccc(F)cc3)n2)cc1. The molecule has 0 saturated heterocycles. The van der Waals surface area contributed by atoms with E-state index >= 15 is 0 Å². The third-order valence-corrected chi connectivity index (χ3v) is 5.77. The van der Waals surface area contributed by atoms with Crippen LogP contribution in [0.25, 0.3) is 0 Å². The summed E-state index contributed by atoms with van der Waals surface area (Å²) in [6.07, 6.45) is 0.144. The lowest BCUT2D eigenvalue weighted by molar-refractivity contribution is -0.116. The maximum absolute atomic E-state index is 12.9. The van der Waals surface area contributed by atoms with Crippen molar-refractivity contribution in [2.75, 3.05) is 23.5 Å². The van der Waals surface area contributed by atoms with Gasteiger partial charge in [-0.3, -0.25) is 9.59 Å². The average Bonchev–Trinajstić information content (AvgIpc) is 3.16. The summed E-state index contributed by atoms with van der Waals surface area (Å²) in [6.45, 7) is 0. The largest absolute Gasteiger partial charge is 0.497 e. The molecule has 2 N–H and O–H groups in total. The maximum atomic E-state index is 12.9. The van der Waals surface area contributed by atoms with Gasteiger partial charge in [-0.25, -0.2) is 9.37 Å². The molecule has 0 saturated carbocycles. The number of amides is 2. The number of carbonyl (C=O) groups is 2. The minimum absolute atomic E-state index is 0.144. The van der Waals surface area contributed by atoms with Crippen LogP contribution in [-0.2, 0) is 16.0 Å². The van der Waals surface area contributed by atoms with Crippen molar-refractivity contribution in [2.24, 2.45) is 0 Å². The Bertz CT molecular complexity index is 975. The number of rotatable bonds is 8. The maximum Gasteiger partial charge on any atom is 0.234 e. The predicted molar refractivity (Wildman–Crippen MR) is 113 cm³/mol. The van der Waals surface area contributed by atoms with Gasteiger partial charge in [0.1, 0.15) is 11.6 Å². The first-order chi connectivity index (χ1) is 14.0. The highest BCUT2D eigenvalue weighted by Crippen LogP contribution is 2.23. The lowest BCUT2D eigenvalue weighted by Crippen LogP contribution is -2.14. The van der Waals surface area contributed by atoms with Crippen LogP contribution in [0.4, 0.5) is 15.8 Å². The molecule has 3 rings (SSSR count).